The largest absolute Gasteiger partial charge is 0.497 e. The number of methoxy groups -OCH3 is 1. The van der Waals surface area contributed by atoms with Gasteiger partial charge >= 0.3 is 6.03 Å². The molecule has 0 radical (unpaired) electrons. The third-order valence-electron chi connectivity index (χ3n) is 4.30. The number of carbonyl (C=O) groups is 1. The summed E-state index contributed by atoms with van der Waals surface area (Å²) in [5.74, 6) is 0.765. The Hall–Kier alpha value is -2.01. The fourth-order valence-electron chi connectivity index (χ4n) is 2.84. The number of anilines is 1. The Morgan fingerprint density at radius 3 is 2.26 bits per heavy atom. The van der Waals surface area contributed by atoms with Crippen molar-refractivity contribution in [2.75, 3.05) is 12.4 Å². The van der Waals surface area contributed by atoms with Crippen LogP contribution in [0, 0.1) is 0 Å². The minimum atomic E-state index is -0.253. The maximum absolute atomic E-state index is 12.4. The fourth-order valence-corrected chi connectivity index (χ4v) is 3.10. The van der Waals surface area contributed by atoms with E-state index in [9.17, 15) is 4.79 Å². The first-order valence-electron chi connectivity index (χ1n) is 7.61. The number of hydrogen-bond donors (Lipinski definition) is 2. The Morgan fingerprint density at radius 1 is 1.09 bits per heavy atom. The van der Waals surface area contributed by atoms with Gasteiger partial charge in [0.1, 0.15) is 5.75 Å². The lowest BCUT2D eigenvalue weighted by atomic mass is 9.72. The van der Waals surface area contributed by atoms with Crippen molar-refractivity contribution in [3.63, 3.8) is 0 Å². The normalized spacial score (nSPS) is 15.4. The minimum Gasteiger partial charge on any atom is -0.497 e. The predicted octanol–water partition coefficient (Wildman–Crippen LogP) is 4.66. The van der Waals surface area contributed by atoms with Gasteiger partial charge in [0, 0.05) is 10.2 Å². The van der Waals surface area contributed by atoms with Gasteiger partial charge in [0.25, 0.3) is 0 Å². The summed E-state index contributed by atoms with van der Waals surface area (Å²) in [4.78, 5) is 12.4. The third kappa shape index (κ3) is 3.50. The van der Waals surface area contributed by atoms with E-state index in [4.69, 9.17) is 4.74 Å². The molecule has 1 fully saturated rings. The molecule has 0 saturated heterocycles. The Kier molecular flexibility index (Phi) is 4.57. The molecule has 5 heteroatoms. The number of amides is 2. The number of hydrogen-bond acceptors (Lipinski definition) is 2. The summed E-state index contributed by atoms with van der Waals surface area (Å²) < 4.78 is 6.16. The van der Waals surface area contributed by atoms with Crippen molar-refractivity contribution < 1.29 is 9.53 Å². The lowest BCUT2D eigenvalue weighted by Gasteiger charge is -2.43. The summed E-state index contributed by atoms with van der Waals surface area (Å²) in [6.07, 6.45) is 3.05. The molecule has 0 bridgehead atoms. The van der Waals surface area contributed by atoms with Gasteiger partial charge in [-0.25, -0.2) is 4.79 Å². The van der Waals surface area contributed by atoms with Gasteiger partial charge in [-0.15, -0.1) is 0 Å². The highest BCUT2D eigenvalue weighted by atomic mass is 79.9. The highest BCUT2D eigenvalue weighted by Gasteiger charge is 2.40. The SMILES string of the molecule is COc1ccc(NC(=O)NC2(c3ccc(Br)cc3)CCC2)cc1. The van der Waals surface area contributed by atoms with Crippen molar-refractivity contribution >= 4 is 27.6 Å². The molecule has 1 aliphatic rings. The van der Waals surface area contributed by atoms with Crippen molar-refractivity contribution in [1.82, 2.24) is 5.32 Å². The molecule has 3 rings (SSSR count). The number of nitrogens with one attached hydrogen (secondary N) is 2. The van der Waals surface area contributed by atoms with Gasteiger partial charge in [0.15, 0.2) is 0 Å². The second-order valence-electron chi connectivity index (χ2n) is 5.75. The molecule has 0 aromatic heterocycles. The Bertz CT molecular complexity index is 679. The van der Waals surface area contributed by atoms with Crippen LogP contribution < -0.4 is 15.4 Å². The zero-order valence-electron chi connectivity index (χ0n) is 12.9. The van der Waals surface area contributed by atoms with E-state index in [-0.39, 0.29) is 11.6 Å². The lowest BCUT2D eigenvalue weighted by molar-refractivity contribution is 0.185. The summed E-state index contributed by atoms with van der Waals surface area (Å²) in [7, 11) is 1.62. The summed E-state index contributed by atoms with van der Waals surface area (Å²) in [5.41, 5.74) is 1.64. The Morgan fingerprint density at radius 2 is 1.74 bits per heavy atom. The van der Waals surface area contributed by atoms with Gasteiger partial charge in [-0.05, 0) is 61.2 Å². The molecule has 23 heavy (non-hydrogen) atoms. The smallest absolute Gasteiger partial charge is 0.319 e. The zero-order valence-corrected chi connectivity index (χ0v) is 14.5. The topological polar surface area (TPSA) is 50.4 Å². The lowest BCUT2D eigenvalue weighted by Crippen LogP contribution is -2.52. The highest BCUT2D eigenvalue weighted by Crippen LogP contribution is 2.41. The molecule has 0 spiro atoms. The van der Waals surface area contributed by atoms with Crippen LogP contribution in [0.3, 0.4) is 0 Å². The first-order valence-corrected chi connectivity index (χ1v) is 8.40. The van der Waals surface area contributed by atoms with E-state index in [0.717, 1.165) is 40.7 Å². The van der Waals surface area contributed by atoms with E-state index in [1.165, 1.54) is 0 Å². The molecule has 2 aromatic rings. The van der Waals surface area contributed by atoms with Crippen LogP contribution in [0.5, 0.6) is 5.75 Å². The minimum absolute atomic E-state index is 0.183. The van der Waals surface area contributed by atoms with Crippen molar-refractivity contribution in [3.05, 3.63) is 58.6 Å². The number of urea groups is 1. The van der Waals surface area contributed by atoms with Gasteiger partial charge in [-0.1, -0.05) is 28.1 Å². The molecule has 120 valence electrons. The first kappa shape index (κ1) is 15.9. The molecule has 1 aliphatic carbocycles. The van der Waals surface area contributed by atoms with Crippen LogP contribution in [0.2, 0.25) is 0 Å². The average Bonchev–Trinajstić information content (AvgIpc) is 2.53. The predicted molar refractivity (Wildman–Crippen MR) is 94.8 cm³/mol. The second-order valence-corrected chi connectivity index (χ2v) is 6.67. The van der Waals surface area contributed by atoms with Crippen molar-refractivity contribution in [2.45, 2.75) is 24.8 Å². The maximum Gasteiger partial charge on any atom is 0.319 e. The van der Waals surface area contributed by atoms with Crippen LogP contribution in [0.25, 0.3) is 0 Å². The number of carbonyl (C=O) groups excluding carboxylic acids is 1. The summed E-state index contributed by atoms with van der Waals surface area (Å²) >= 11 is 3.45. The van der Waals surface area contributed by atoms with Gasteiger partial charge < -0.3 is 15.4 Å². The molecular formula is C18H19BrN2O2. The van der Waals surface area contributed by atoms with E-state index < -0.39 is 0 Å². The molecule has 0 unspecified atom stereocenters. The summed E-state index contributed by atoms with van der Waals surface area (Å²) in [6, 6.07) is 15.3. The summed E-state index contributed by atoms with van der Waals surface area (Å²) in [6.45, 7) is 0. The Labute approximate surface area is 144 Å². The van der Waals surface area contributed by atoms with Crippen LogP contribution in [-0.4, -0.2) is 13.1 Å². The quantitative estimate of drug-likeness (QED) is 0.817. The summed E-state index contributed by atoms with van der Waals surface area (Å²) in [5, 5.41) is 6.03. The van der Waals surface area contributed by atoms with Crippen molar-refractivity contribution in [3.8, 4) is 5.75 Å². The number of halogens is 1. The third-order valence-corrected chi connectivity index (χ3v) is 4.83. The number of ether oxygens (including phenoxy) is 1. The Balaban J connectivity index is 1.68. The van der Waals surface area contributed by atoms with Crippen molar-refractivity contribution in [1.29, 1.82) is 0 Å². The molecule has 2 amide bonds. The molecule has 4 nitrogen and oxygen atoms in total. The van der Waals surface area contributed by atoms with Gasteiger partial charge in [-0.3, -0.25) is 0 Å². The van der Waals surface area contributed by atoms with E-state index in [1.54, 1.807) is 7.11 Å². The van der Waals surface area contributed by atoms with E-state index in [1.807, 2.05) is 36.4 Å². The van der Waals surface area contributed by atoms with E-state index in [0.29, 0.717) is 0 Å². The second kappa shape index (κ2) is 6.62. The molecule has 2 aromatic carbocycles. The van der Waals surface area contributed by atoms with Crippen LogP contribution in [0.15, 0.2) is 53.0 Å². The van der Waals surface area contributed by atoms with Crippen LogP contribution in [0.4, 0.5) is 10.5 Å². The fraction of sp³-hybridized carbons (Fsp3) is 0.278. The molecule has 0 aliphatic heterocycles. The van der Waals surface area contributed by atoms with Gasteiger partial charge in [0.05, 0.1) is 12.6 Å². The van der Waals surface area contributed by atoms with Gasteiger partial charge in [0.2, 0.25) is 0 Å². The molecule has 0 heterocycles. The van der Waals surface area contributed by atoms with Crippen molar-refractivity contribution in [2.24, 2.45) is 0 Å². The highest BCUT2D eigenvalue weighted by molar-refractivity contribution is 9.10. The average molecular weight is 375 g/mol. The maximum atomic E-state index is 12.4. The molecule has 1 saturated carbocycles. The molecule has 2 N–H and O–H groups in total. The van der Waals surface area contributed by atoms with Gasteiger partial charge in [-0.2, -0.15) is 0 Å². The van der Waals surface area contributed by atoms with E-state index in [2.05, 4.69) is 38.7 Å². The zero-order chi connectivity index (χ0) is 16.3. The van der Waals surface area contributed by atoms with E-state index >= 15 is 0 Å². The monoisotopic (exact) mass is 374 g/mol. The van der Waals surface area contributed by atoms with Crippen LogP contribution in [0.1, 0.15) is 24.8 Å². The molecular weight excluding hydrogens is 356 g/mol. The number of rotatable bonds is 4. The van der Waals surface area contributed by atoms with Crippen LogP contribution in [-0.2, 0) is 5.54 Å². The molecule has 0 atom stereocenters. The number of benzene rings is 2. The first-order chi connectivity index (χ1) is 11.1. The van der Waals surface area contributed by atoms with Crippen LogP contribution >= 0.6 is 15.9 Å². The standard InChI is InChI=1S/C18H19BrN2O2/c1-23-16-9-7-15(8-10-16)20-17(22)21-18(11-2-12-18)13-3-5-14(19)6-4-13/h3-10H,2,11-12H2,1H3,(H2,20,21,22).